The highest BCUT2D eigenvalue weighted by Gasteiger charge is 2.14. The molecule has 0 aliphatic heterocycles. The predicted molar refractivity (Wildman–Crippen MR) is 84.0 cm³/mol. The number of hydrogen-bond acceptors (Lipinski definition) is 5. The van der Waals surface area contributed by atoms with Crippen LogP contribution in [0.5, 0.6) is 5.75 Å². The molecule has 0 radical (unpaired) electrons. The molecular formula is C17H14N2O5. The van der Waals surface area contributed by atoms with E-state index in [1.54, 1.807) is 43.3 Å². The van der Waals surface area contributed by atoms with Crippen molar-refractivity contribution in [1.29, 1.82) is 5.26 Å². The normalized spacial score (nSPS) is 10.9. The predicted octanol–water partition coefficient (Wildman–Crippen LogP) is 2.26. The summed E-state index contributed by atoms with van der Waals surface area (Å²) in [6, 6.07) is 9.94. The maximum absolute atomic E-state index is 11.0. The van der Waals surface area contributed by atoms with Crippen LogP contribution < -0.4 is 10.5 Å². The molecular weight excluding hydrogens is 312 g/mol. The van der Waals surface area contributed by atoms with Gasteiger partial charge in [0, 0.05) is 5.56 Å². The number of nitriles is 1. The average Bonchev–Trinajstić information content (AvgIpc) is 2.92. The van der Waals surface area contributed by atoms with Crippen molar-refractivity contribution in [2.24, 2.45) is 5.73 Å². The fourth-order valence-electron chi connectivity index (χ4n) is 1.97. The van der Waals surface area contributed by atoms with Crippen LogP contribution >= 0.6 is 0 Å². The molecule has 0 aliphatic carbocycles. The molecule has 1 aromatic heterocycles. The number of ether oxygens (including phenoxy) is 1. The molecule has 1 heterocycles. The summed E-state index contributed by atoms with van der Waals surface area (Å²) in [5.41, 5.74) is 6.07. The number of aryl methyl sites for hydroxylation is 1. The van der Waals surface area contributed by atoms with Crippen molar-refractivity contribution in [2.75, 3.05) is 0 Å². The smallest absolute Gasteiger partial charge is 0.372 e. The molecule has 1 aromatic carbocycles. The highest BCUT2D eigenvalue weighted by atomic mass is 16.5. The largest absolute Gasteiger partial charge is 0.486 e. The maximum Gasteiger partial charge on any atom is 0.372 e. The Bertz CT molecular complexity index is 841. The fourth-order valence-corrected chi connectivity index (χ4v) is 1.97. The zero-order chi connectivity index (χ0) is 17.7. The second-order valence-electron chi connectivity index (χ2n) is 4.92. The van der Waals surface area contributed by atoms with Crippen molar-refractivity contribution in [3.05, 3.63) is 58.6 Å². The van der Waals surface area contributed by atoms with Gasteiger partial charge in [-0.05, 0) is 36.8 Å². The summed E-state index contributed by atoms with van der Waals surface area (Å²) >= 11 is 0. The average molecular weight is 326 g/mol. The SMILES string of the molecule is Cc1cc(COc2ccc(C=C(C#N)C(N)=O)cc2)oc1C(=O)O. The van der Waals surface area contributed by atoms with Crippen molar-refractivity contribution < 1.29 is 23.8 Å². The fraction of sp³-hybridized carbons (Fsp3) is 0.118. The number of carboxylic acid groups (broad SMARTS) is 1. The van der Waals surface area contributed by atoms with E-state index in [-0.39, 0.29) is 17.9 Å². The van der Waals surface area contributed by atoms with Crippen LogP contribution in [0.15, 0.2) is 40.3 Å². The van der Waals surface area contributed by atoms with Crippen LogP contribution in [0.3, 0.4) is 0 Å². The number of carbonyl (C=O) groups is 2. The van der Waals surface area contributed by atoms with Crippen LogP contribution in [0.4, 0.5) is 0 Å². The van der Waals surface area contributed by atoms with Gasteiger partial charge >= 0.3 is 5.97 Å². The van der Waals surface area contributed by atoms with Gasteiger partial charge in [-0.3, -0.25) is 4.79 Å². The van der Waals surface area contributed by atoms with Crippen LogP contribution in [0.1, 0.15) is 27.4 Å². The molecule has 0 atom stereocenters. The van der Waals surface area contributed by atoms with Gasteiger partial charge in [0.05, 0.1) is 0 Å². The van der Waals surface area contributed by atoms with Gasteiger partial charge in [0.2, 0.25) is 5.76 Å². The first-order chi connectivity index (χ1) is 11.4. The second kappa shape index (κ2) is 7.15. The second-order valence-corrected chi connectivity index (χ2v) is 4.92. The monoisotopic (exact) mass is 326 g/mol. The quantitative estimate of drug-likeness (QED) is 0.619. The Kier molecular flexibility index (Phi) is 5.02. The summed E-state index contributed by atoms with van der Waals surface area (Å²) in [4.78, 5) is 21.9. The number of hydrogen-bond donors (Lipinski definition) is 2. The number of aromatic carboxylic acids is 1. The number of carboxylic acids is 1. The molecule has 1 amide bonds. The lowest BCUT2D eigenvalue weighted by Crippen LogP contribution is -2.12. The lowest BCUT2D eigenvalue weighted by atomic mass is 10.1. The Morgan fingerprint density at radius 2 is 2.04 bits per heavy atom. The summed E-state index contributed by atoms with van der Waals surface area (Å²) in [6.07, 6.45) is 1.38. The summed E-state index contributed by atoms with van der Waals surface area (Å²) in [6.45, 7) is 1.72. The zero-order valence-corrected chi connectivity index (χ0v) is 12.8. The number of nitrogens with two attached hydrogens (primary N) is 1. The van der Waals surface area contributed by atoms with Gasteiger partial charge in [-0.2, -0.15) is 5.26 Å². The topological polar surface area (TPSA) is 127 Å². The highest BCUT2D eigenvalue weighted by molar-refractivity contribution is 6.00. The lowest BCUT2D eigenvalue weighted by Gasteiger charge is -2.04. The molecule has 24 heavy (non-hydrogen) atoms. The number of benzene rings is 1. The molecule has 2 aromatic rings. The maximum atomic E-state index is 11.0. The minimum absolute atomic E-state index is 0.0774. The molecule has 0 saturated carbocycles. The zero-order valence-electron chi connectivity index (χ0n) is 12.8. The van der Waals surface area contributed by atoms with Crippen molar-refractivity contribution in [1.82, 2.24) is 0 Å². The molecule has 0 saturated heterocycles. The highest BCUT2D eigenvalue weighted by Crippen LogP contribution is 2.19. The molecule has 2 rings (SSSR count). The van der Waals surface area contributed by atoms with Gasteiger partial charge in [0.25, 0.3) is 5.91 Å². The summed E-state index contributed by atoms with van der Waals surface area (Å²) < 4.78 is 10.7. The molecule has 0 bridgehead atoms. The van der Waals surface area contributed by atoms with E-state index < -0.39 is 11.9 Å². The van der Waals surface area contributed by atoms with E-state index in [9.17, 15) is 9.59 Å². The lowest BCUT2D eigenvalue weighted by molar-refractivity contribution is -0.114. The number of primary amides is 1. The van der Waals surface area contributed by atoms with Gasteiger partial charge in [-0.25, -0.2) is 4.79 Å². The Hall–Kier alpha value is -3.53. The van der Waals surface area contributed by atoms with E-state index in [4.69, 9.17) is 25.3 Å². The summed E-state index contributed by atoms with van der Waals surface area (Å²) in [5.74, 6) is -1.10. The number of rotatable bonds is 6. The molecule has 0 fully saturated rings. The standard InChI is InChI=1S/C17H14N2O5/c1-10-6-14(24-15(10)17(21)22)9-23-13-4-2-11(3-5-13)7-12(8-18)16(19)20/h2-7H,9H2,1H3,(H2,19,20)(H,21,22). The number of carbonyl (C=O) groups excluding carboxylic acids is 1. The van der Waals surface area contributed by atoms with Gasteiger partial charge in [0.1, 0.15) is 29.8 Å². The summed E-state index contributed by atoms with van der Waals surface area (Å²) in [7, 11) is 0. The third kappa shape index (κ3) is 4.01. The van der Waals surface area contributed by atoms with Gasteiger partial charge in [-0.15, -0.1) is 0 Å². The van der Waals surface area contributed by atoms with Crippen molar-refractivity contribution in [3.8, 4) is 11.8 Å². The van der Waals surface area contributed by atoms with Gasteiger partial charge in [0.15, 0.2) is 0 Å². The number of nitrogens with zero attached hydrogens (tertiary/aromatic N) is 1. The first kappa shape index (κ1) is 16.8. The third-order valence-corrected chi connectivity index (χ3v) is 3.12. The molecule has 0 unspecified atom stereocenters. The third-order valence-electron chi connectivity index (χ3n) is 3.12. The van der Waals surface area contributed by atoms with Crippen LogP contribution in [0.25, 0.3) is 6.08 Å². The molecule has 0 aliphatic rings. The van der Waals surface area contributed by atoms with E-state index in [0.717, 1.165) is 0 Å². The van der Waals surface area contributed by atoms with Crippen LogP contribution in [-0.2, 0) is 11.4 Å². The first-order valence-electron chi connectivity index (χ1n) is 6.87. The van der Waals surface area contributed by atoms with E-state index in [2.05, 4.69) is 0 Å². The molecule has 0 spiro atoms. The molecule has 7 nitrogen and oxygen atoms in total. The van der Waals surface area contributed by atoms with E-state index in [1.807, 2.05) is 0 Å². The van der Waals surface area contributed by atoms with Crippen LogP contribution in [-0.4, -0.2) is 17.0 Å². The Balaban J connectivity index is 2.05. The molecule has 3 N–H and O–H groups in total. The summed E-state index contributed by atoms with van der Waals surface area (Å²) in [5, 5.41) is 17.7. The minimum Gasteiger partial charge on any atom is -0.486 e. The van der Waals surface area contributed by atoms with Crippen molar-refractivity contribution in [2.45, 2.75) is 13.5 Å². The van der Waals surface area contributed by atoms with E-state index in [0.29, 0.717) is 22.6 Å². The Morgan fingerprint density at radius 1 is 1.38 bits per heavy atom. The van der Waals surface area contributed by atoms with E-state index in [1.165, 1.54) is 6.08 Å². The number of amides is 1. The minimum atomic E-state index is -1.13. The Morgan fingerprint density at radius 3 is 2.54 bits per heavy atom. The van der Waals surface area contributed by atoms with Gasteiger partial charge in [-0.1, -0.05) is 12.1 Å². The van der Waals surface area contributed by atoms with E-state index >= 15 is 0 Å². The Labute approximate surface area is 137 Å². The van der Waals surface area contributed by atoms with Crippen molar-refractivity contribution >= 4 is 18.0 Å². The molecule has 122 valence electrons. The van der Waals surface area contributed by atoms with Crippen molar-refractivity contribution in [3.63, 3.8) is 0 Å². The van der Waals surface area contributed by atoms with Gasteiger partial charge < -0.3 is 20.0 Å². The van der Waals surface area contributed by atoms with Crippen LogP contribution in [0.2, 0.25) is 0 Å². The van der Waals surface area contributed by atoms with Crippen LogP contribution in [0, 0.1) is 18.3 Å². The molecule has 7 heteroatoms. The first-order valence-corrected chi connectivity index (χ1v) is 6.87. The number of furan rings is 1.